The second-order valence-electron chi connectivity index (χ2n) is 6.02. The van der Waals surface area contributed by atoms with Crippen LogP contribution in [0.1, 0.15) is 16.1 Å². The topological polar surface area (TPSA) is 91.9 Å². The molecule has 1 aromatic heterocycles. The largest absolute Gasteiger partial charge is 0.478 e. The van der Waals surface area contributed by atoms with Gasteiger partial charge in [-0.05, 0) is 48.2 Å². The molecule has 6 nitrogen and oxygen atoms in total. The molecule has 0 bridgehead atoms. The number of furan rings is 1. The lowest BCUT2D eigenvalue weighted by molar-refractivity contribution is -0.115. The number of carbonyl (C=O) groups excluding carboxylic acids is 1. The number of rotatable bonds is 4. The fourth-order valence-electron chi connectivity index (χ4n) is 2.62. The van der Waals surface area contributed by atoms with E-state index in [9.17, 15) is 14.0 Å². The molecule has 0 atom stereocenters. The molecule has 2 N–H and O–H groups in total. The SMILES string of the molecule is O=C1NC(=Nc2ccccc2F)S/C1=C\c1ccc(-c2ccc(C(=O)O)cc2)o1. The zero-order valence-electron chi connectivity index (χ0n) is 14.8. The van der Waals surface area contributed by atoms with E-state index in [1.165, 1.54) is 24.3 Å². The number of aliphatic imine (C=N–C) groups is 1. The number of hydrogen-bond acceptors (Lipinski definition) is 5. The van der Waals surface area contributed by atoms with E-state index in [-0.39, 0.29) is 22.3 Å². The normalized spacial score (nSPS) is 16.4. The van der Waals surface area contributed by atoms with Crippen LogP contribution in [0.25, 0.3) is 17.4 Å². The van der Waals surface area contributed by atoms with Crippen molar-refractivity contribution in [2.24, 2.45) is 4.99 Å². The number of aromatic carboxylic acids is 1. The second-order valence-corrected chi connectivity index (χ2v) is 7.05. The Balaban J connectivity index is 1.54. The molecule has 144 valence electrons. The van der Waals surface area contributed by atoms with Gasteiger partial charge in [0.15, 0.2) is 5.17 Å². The van der Waals surface area contributed by atoms with Crippen LogP contribution in [0.2, 0.25) is 0 Å². The van der Waals surface area contributed by atoms with Gasteiger partial charge in [-0.15, -0.1) is 0 Å². The van der Waals surface area contributed by atoms with E-state index >= 15 is 0 Å². The average Bonchev–Trinajstić information content (AvgIpc) is 3.31. The van der Waals surface area contributed by atoms with Gasteiger partial charge in [0.25, 0.3) is 5.91 Å². The van der Waals surface area contributed by atoms with Crippen LogP contribution in [0.5, 0.6) is 0 Å². The van der Waals surface area contributed by atoms with E-state index in [2.05, 4.69) is 10.3 Å². The van der Waals surface area contributed by atoms with Crippen LogP contribution < -0.4 is 5.32 Å². The Kier molecular flexibility index (Phi) is 5.01. The molecule has 1 aliphatic rings. The molecule has 0 unspecified atom stereocenters. The number of benzene rings is 2. The number of halogens is 1. The van der Waals surface area contributed by atoms with Crippen LogP contribution in [0.4, 0.5) is 10.1 Å². The minimum Gasteiger partial charge on any atom is -0.478 e. The van der Waals surface area contributed by atoms with Crippen molar-refractivity contribution in [3.63, 3.8) is 0 Å². The molecule has 2 aromatic carbocycles. The standard InChI is InChI=1S/C21H13FN2O4S/c22-15-3-1-2-4-16(15)23-21-24-19(25)18(29-21)11-14-9-10-17(28-14)12-5-7-13(8-6-12)20(26)27/h1-11H,(H,26,27)(H,23,24,25)/b18-11-. The fourth-order valence-corrected chi connectivity index (χ4v) is 3.44. The van der Waals surface area contributed by atoms with Gasteiger partial charge in [-0.25, -0.2) is 14.2 Å². The first-order valence-corrected chi connectivity index (χ1v) is 9.29. The summed E-state index contributed by atoms with van der Waals surface area (Å²) in [5.74, 6) is -0.839. The van der Waals surface area contributed by atoms with Gasteiger partial charge in [0.1, 0.15) is 23.0 Å². The minimum absolute atomic E-state index is 0.140. The van der Waals surface area contributed by atoms with E-state index in [1.807, 2.05) is 0 Å². The lowest BCUT2D eigenvalue weighted by Gasteiger charge is -1.98. The Hall–Kier alpha value is -3.65. The summed E-state index contributed by atoms with van der Waals surface area (Å²) in [6.07, 6.45) is 1.57. The number of carbonyl (C=O) groups is 2. The Morgan fingerprint density at radius 1 is 1.10 bits per heavy atom. The summed E-state index contributed by atoms with van der Waals surface area (Å²) in [6.45, 7) is 0. The summed E-state index contributed by atoms with van der Waals surface area (Å²) in [5.41, 5.74) is 1.04. The Bertz CT molecular complexity index is 1170. The number of nitrogens with zero attached hydrogens (tertiary/aromatic N) is 1. The smallest absolute Gasteiger partial charge is 0.335 e. The van der Waals surface area contributed by atoms with Crippen molar-refractivity contribution in [2.45, 2.75) is 0 Å². The molecule has 3 aromatic rings. The number of amidine groups is 1. The third kappa shape index (κ3) is 4.12. The van der Waals surface area contributed by atoms with Gasteiger partial charge in [-0.1, -0.05) is 24.3 Å². The van der Waals surface area contributed by atoms with Crippen LogP contribution in [-0.4, -0.2) is 22.2 Å². The van der Waals surface area contributed by atoms with Crippen molar-refractivity contribution in [1.82, 2.24) is 5.32 Å². The average molecular weight is 408 g/mol. The molecule has 0 saturated carbocycles. The number of thioether (sulfide) groups is 1. The first-order chi connectivity index (χ1) is 14.0. The highest BCUT2D eigenvalue weighted by atomic mass is 32.2. The molecular weight excluding hydrogens is 395 g/mol. The van der Waals surface area contributed by atoms with Gasteiger partial charge in [-0.3, -0.25) is 4.79 Å². The summed E-state index contributed by atoms with van der Waals surface area (Å²) in [7, 11) is 0. The lowest BCUT2D eigenvalue weighted by atomic mass is 10.1. The first-order valence-electron chi connectivity index (χ1n) is 8.47. The number of para-hydroxylation sites is 1. The van der Waals surface area contributed by atoms with E-state index in [0.717, 1.165) is 11.8 Å². The molecule has 0 aliphatic carbocycles. The van der Waals surface area contributed by atoms with Crippen LogP contribution >= 0.6 is 11.8 Å². The fraction of sp³-hybridized carbons (Fsp3) is 0. The molecule has 0 radical (unpaired) electrons. The molecule has 1 amide bonds. The highest BCUT2D eigenvalue weighted by molar-refractivity contribution is 8.18. The molecule has 0 spiro atoms. The van der Waals surface area contributed by atoms with E-state index in [1.54, 1.807) is 42.5 Å². The van der Waals surface area contributed by atoms with Crippen molar-refractivity contribution < 1.29 is 23.5 Å². The van der Waals surface area contributed by atoms with Crippen LogP contribution in [0, 0.1) is 5.82 Å². The highest BCUT2D eigenvalue weighted by Gasteiger charge is 2.24. The number of amides is 1. The van der Waals surface area contributed by atoms with Gasteiger partial charge in [0, 0.05) is 11.6 Å². The van der Waals surface area contributed by atoms with Crippen molar-refractivity contribution in [2.75, 3.05) is 0 Å². The molecular formula is C21H13FN2O4S. The summed E-state index contributed by atoms with van der Waals surface area (Å²) in [4.78, 5) is 27.6. The zero-order valence-corrected chi connectivity index (χ0v) is 15.6. The van der Waals surface area contributed by atoms with Gasteiger partial charge in [0.05, 0.1) is 10.5 Å². The molecule has 1 aliphatic heterocycles. The molecule has 1 saturated heterocycles. The molecule has 8 heteroatoms. The third-order valence-electron chi connectivity index (χ3n) is 4.04. The number of nitrogens with one attached hydrogen (secondary N) is 1. The zero-order chi connectivity index (χ0) is 20.4. The van der Waals surface area contributed by atoms with Crippen molar-refractivity contribution in [3.05, 3.63) is 82.7 Å². The van der Waals surface area contributed by atoms with Gasteiger partial charge in [0.2, 0.25) is 0 Å². The number of carboxylic acids is 1. The summed E-state index contributed by atoms with van der Waals surface area (Å²) in [5, 5.41) is 11.8. The maximum atomic E-state index is 13.7. The van der Waals surface area contributed by atoms with E-state index in [0.29, 0.717) is 22.0 Å². The molecule has 2 heterocycles. The van der Waals surface area contributed by atoms with E-state index in [4.69, 9.17) is 9.52 Å². The minimum atomic E-state index is -1.00. The Morgan fingerprint density at radius 3 is 2.59 bits per heavy atom. The van der Waals surface area contributed by atoms with Gasteiger partial charge in [-0.2, -0.15) is 0 Å². The third-order valence-corrected chi connectivity index (χ3v) is 4.95. The quantitative estimate of drug-likeness (QED) is 0.612. The molecule has 4 rings (SSSR count). The molecule has 1 fully saturated rings. The second kappa shape index (κ2) is 7.76. The van der Waals surface area contributed by atoms with Crippen molar-refractivity contribution in [1.29, 1.82) is 0 Å². The van der Waals surface area contributed by atoms with Crippen LogP contribution in [0.3, 0.4) is 0 Å². The van der Waals surface area contributed by atoms with Crippen molar-refractivity contribution >= 4 is 40.6 Å². The summed E-state index contributed by atoms with van der Waals surface area (Å²) < 4.78 is 19.5. The summed E-state index contributed by atoms with van der Waals surface area (Å²) in [6, 6.07) is 15.7. The van der Waals surface area contributed by atoms with Gasteiger partial charge >= 0.3 is 5.97 Å². The van der Waals surface area contributed by atoms with Gasteiger partial charge < -0.3 is 14.8 Å². The number of carboxylic acid groups (broad SMARTS) is 1. The van der Waals surface area contributed by atoms with E-state index < -0.39 is 11.8 Å². The highest BCUT2D eigenvalue weighted by Crippen LogP contribution is 2.30. The summed E-state index contributed by atoms with van der Waals surface area (Å²) >= 11 is 1.09. The monoisotopic (exact) mass is 408 g/mol. The Labute approximate surface area is 168 Å². The van der Waals surface area contributed by atoms with Crippen LogP contribution in [-0.2, 0) is 4.79 Å². The first kappa shape index (κ1) is 18.7. The predicted molar refractivity (Wildman–Crippen MR) is 108 cm³/mol. The maximum absolute atomic E-state index is 13.7. The lowest BCUT2D eigenvalue weighted by Crippen LogP contribution is -2.19. The predicted octanol–water partition coefficient (Wildman–Crippen LogP) is 4.68. The molecule has 29 heavy (non-hydrogen) atoms. The number of hydrogen-bond donors (Lipinski definition) is 2. The van der Waals surface area contributed by atoms with Crippen molar-refractivity contribution in [3.8, 4) is 11.3 Å². The van der Waals surface area contributed by atoms with Crippen LogP contribution in [0.15, 0.2) is 75.0 Å². The maximum Gasteiger partial charge on any atom is 0.335 e. The Morgan fingerprint density at radius 2 is 1.86 bits per heavy atom.